The van der Waals surface area contributed by atoms with Gasteiger partial charge >= 0.3 is 12.1 Å². The molecule has 14 nitrogen and oxygen atoms in total. The molecule has 17 heteroatoms. The van der Waals surface area contributed by atoms with E-state index in [2.05, 4.69) is 20.1 Å². The fraction of sp³-hybridized carbons (Fsp3) is 0.625. The number of carbonyl (C=O) groups excluding carboxylic acids is 3. The van der Waals surface area contributed by atoms with Gasteiger partial charge in [0.05, 0.1) is 29.9 Å². The number of sulfonamides is 2. The zero-order valence-electron chi connectivity index (χ0n) is 23.6. The molecule has 0 aromatic heterocycles. The van der Waals surface area contributed by atoms with Crippen molar-refractivity contribution in [1.82, 2.24) is 15.4 Å². The number of esters is 1. The van der Waals surface area contributed by atoms with Crippen LogP contribution < -0.4 is 25.8 Å². The number of rotatable bonds is 12. The number of benzene rings is 1. The minimum absolute atomic E-state index is 0.0340. The maximum Gasteiger partial charge on any atom is 0.413 e. The number of primary sulfonamides is 1. The lowest BCUT2D eigenvalue weighted by Gasteiger charge is -2.30. The summed E-state index contributed by atoms with van der Waals surface area (Å²) in [5, 5.41) is 13.0. The molecule has 0 fully saturated rings. The van der Waals surface area contributed by atoms with Crippen molar-refractivity contribution in [3.05, 3.63) is 16.7 Å². The Hall–Kier alpha value is -2.50. The first-order valence-corrected chi connectivity index (χ1v) is 16.4. The number of anilines is 1. The van der Waals surface area contributed by atoms with Gasteiger partial charge in [-0.25, -0.2) is 26.8 Å². The Balaban J connectivity index is 2.18. The van der Waals surface area contributed by atoms with Gasteiger partial charge in [-0.3, -0.25) is 14.9 Å². The van der Waals surface area contributed by atoms with Crippen LogP contribution in [0.1, 0.15) is 65.9 Å². The van der Waals surface area contributed by atoms with Crippen LogP contribution in [0.3, 0.4) is 0 Å². The minimum atomic E-state index is -4.38. The molecule has 1 aromatic rings. The lowest BCUT2D eigenvalue weighted by molar-refractivity contribution is -0.157. The number of unbranched alkanes of at least 4 members (excludes halogenated alkanes) is 2. The molecule has 0 spiro atoms. The summed E-state index contributed by atoms with van der Waals surface area (Å²) < 4.78 is 62.8. The number of ether oxygens (including phenoxy) is 2. The highest BCUT2D eigenvalue weighted by atomic mass is 35.5. The standard InChI is InChI=1S/C24H38ClN5O9S2/c1-6-38-23(33)29-19(31)13-18-28-21-15(10-8-7-9-11-27-14(2)22(32)39-24(3,4)5)20(25)16(40(26,34)35)12-17(21)41(36,37)30-18/h12,14,18,27-28,30H,6-11,13H2,1-5H3,(H2,26,34,35)(H,29,31,33)/t14-,18?/m0/s1. The van der Waals surface area contributed by atoms with Crippen molar-refractivity contribution < 1.29 is 40.7 Å². The molecule has 1 unspecified atom stereocenters. The van der Waals surface area contributed by atoms with Gasteiger partial charge in [-0.15, -0.1) is 0 Å². The molecule has 41 heavy (non-hydrogen) atoms. The van der Waals surface area contributed by atoms with Gasteiger partial charge in [0.25, 0.3) is 0 Å². The lowest BCUT2D eigenvalue weighted by Crippen LogP contribution is -2.48. The van der Waals surface area contributed by atoms with Crippen molar-refractivity contribution >= 4 is 55.3 Å². The molecule has 0 radical (unpaired) electrons. The van der Waals surface area contributed by atoms with Gasteiger partial charge in [0.15, 0.2) is 0 Å². The van der Waals surface area contributed by atoms with Crippen molar-refractivity contribution in [2.45, 2.75) is 94.3 Å². The average Bonchev–Trinajstić information content (AvgIpc) is 2.79. The maximum absolute atomic E-state index is 13.1. The third-order valence-electron chi connectivity index (χ3n) is 5.72. The van der Waals surface area contributed by atoms with Crippen LogP contribution in [-0.2, 0) is 45.5 Å². The number of halogens is 1. The van der Waals surface area contributed by atoms with Crippen molar-refractivity contribution in [1.29, 1.82) is 0 Å². The molecule has 0 aliphatic carbocycles. The number of nitrogens with one attached hydrogen (secondary N) is 4. The van der Waals surface area contributed by atoms with E-state index in [4.69, 9.17) is 21.5 Å². The van der Waals surface area contributed by atoms with E-state index in [9.17, 15) is 31.2 Å². The Kier molecular flexibility index (Phi) is 11.9. The molecular formula is C24H38ClN5O9S2. The summed E-state index contributed by atoms with van der Waals surface area (Å²) >= 11 is 6.43. The largest absolute Gasteiger partial charge is 0.459 e. The molecule has 232 valence electrons. The maximum atomic E-state index is 13.1. The second kappa shape index (κ2) is 14.1. The van der Waals surface area contributed by atoms with E-state index in [1.807, 2.05) is 5.32 Å². The molecule has 1 aromatic carbocycles. The van der Waals surface area contributed by atoms with Crippen molar-refractivity contribution in [3.8, 4) is 0 Å². The Morgan fingerprint density at radius 2 is 1.85 bits per heavy atom. The molecule has 1 heterocycles. The van der Waals surface area contributed by atoms with E-state index >= 15 is 0 Å². The van der Waals surface area contributed by atoms with Crippen LogP contribution in [0.2, 0.25) is 5.02 Å². The van der Waals surface area contributed by atoms with Crippen molar-refractivity contribution in [2.24, 2.45) is 5.14 Å². The van der Waals surface area contributed by atoms with Crippen LogP contribution in [0, 0.1) is 0 Å². The number of amides is 2. The molecule has 1 aliphatic rings. The zero-order valence-corrected chi connectivity index (χ0v) is 26.0. The highest BCUT2D eigenvalue weighted by Crippen LogP contribution is 2.39. The van der Waals surface area contributed by atoms with Crippen LogP contribution in [0.5, 0.6) is 0 Å². The predicted octanol–water partition coefficient (Wildman–Crippen LogP) is 1.71. The fourth-order valence-electron chi connectivity index (χ4n) is 3.93. The van der Waals surface area contributed by atoms with E-state index in [-0.39, 0.29) is 35.3 Å². The first kappa shape index (κ1) is 34.7. The molecule has 2 amide bonds. The third kappa shape index (κ3) is 10.4. The van der Waals surface area contributed by atoms with Crippen LogP contribution in [0.15, 0.2) is 15.9 Å². The van der Waals surface area contributed by atoms with Crippen LogP contribution in [-0.4, -0.2) is 65.8 Å². The first-order valence-electron chi connectivity index (χ1n) is 13.0. The average molecular weight is 640 g/mol. The molecule has 6 N–H and O–H groups in total. The minimum Gasteiger partial charge on any atom is -0.459 e. The summed E-state index contributed by atoms with van der Waals surface area (Å²) in [4.78, 5) is 35.0. The fourth-order valence-corrected chi connectivity index (χ4v) is 6.60. The number of imide groups is 1. The quantitative estimate of drug-likeness (QED) is 0.164. The predicted molar refractivity (Wildman–Crippen MR) is 151 cm³/mol. The number of nitrogens with two attached hydrogens (primary N) is 1. The normalized spacial score (nSPS) is 17.1. The summed E-state index contributed by atoms with van der Waals surface area (Å²) in [5.74, 6) is -1.18. The molecule has 1 aliphatic heterocycles. The zero-order chi connectivity index (χ0) is 31.2. The van der Waals surface area contributed by atoms with E-state index in [1.165, 1.54) is 0 Å². The lowest BCUT2D eigenvalue weighted by atomic mass is 10.0. The number of hydrogen-bond acceptors (Lipinski definition) is 11. The van der Waals surface area contributed by atoms with Crippen LogP contribution in [0.25, 0.3) is 0 Å². The van der Waals surface area contributed by atoms with Gasteiger partial charge < -0.3 is 20.1 Å². The van der Waals surface area contributed by atoms with Gasteiger partial charge in [-0.05, 0) is 72.1 Å². The Bertz CT molecular complexity index is 1360. The Morgan fingerprint density at radius 3 is 2.44 bits per heavy atom. The van der Waals surface area contributed by atoms with Crippen LogP contribution in [0.4, 0.5) is 10.5 Å². The summed E-state index contributed by atoms with van der Waals surface area (Å²) in [7, 11) is -8.69. The number of alkyl carbamates (subject to hydrolysis) is 1. The topological polar surface area (TPSA) is 212 Å². The van der Waals surface area contributed by atoms with E-state index in [1.54, 1.807) is 34.6 Å². The number of hydrogen-bond donors (Lipinski definition) is 5. The number of carbonyl (C=O) groups is 3. The third-order valence-corrected chi connectivity index (χ3v) is 8.70. The Morgan fingerprint density at radius 1 is 1.20 bits per heavy atom. The summed E-state index contributed by atoms with van der Waals surface area (Å²) in [6.45, 7) is 9.13. The Labute approximate surface area is 245 Å². The molecule has 0 saturated carbocycles. The monoisotopic (exact) mass is 639 g/mol. The van der Waals surface area contributed by atoms with Gasteiger partial charge in [0, 0.05) is 0 Å². The van der Waals surface area contributed by atoms with Crippen LogP contribution >= 0.6 is 11.6 Å². The SMILES string of the molecule is CCOC(=O)NC(=O)CC1Nc2c(cc(S(N)(=O)=O)c(Cl)c2CCCCCN[C@@H](C)C(=O)OC(C)(C)C)S(=O)(=O)N1. The van der Waals surface area contributed by atoms with Gasteiger partial charge in [0.1, 0.15) is 21.4 Å². The van der Waals surface area contributed by atoms with Gasteiger partial charge in [-0.1, -0.05) is 18.0 Å². The summed E-state index contributed by atoms with van der Waals surface area (Å²) in [6, 6.07) is 0.352. The van der Waals surface area contributed by atoms with E-state index in [0.717, 1.165) is 6.07 Å². The van der Waals surface area contributed by atoms with Crippen molar-refractivity contribution in [2.75, 3.05) is 18.5 Å². The summed E-state index contributed by atoms with van der Waals surface area (Å²) in [5.41, 5.74) is -0.367. The molecule has 0 saturated heterocycles. The van der Waals surface area contributed by atoms with Gasteiger partial charge in [-0.2, -0.15) is 4.72 Å². The van der Waals surface area contributed by atoms with Crippen molar-refractivity contribution in [3.63, 3.8) is 0 Å². The molecular weight excluding hydrogens is 602 g/mol. The molecule has 2 atom stereocenters. The highest BCUT2D eigenvalue weighted by Gasteiger charge is 2.35. The highest BCUT2D eigenvalue weighted by molar-refractivity contribution is 7.90. The van der Waals surface area contributed by atoms with Gasteiger partial charge in [0.2, 0.25) is 26.0 Å². The smallest absolute Gasteiger partial charge is 0.413 e. The summed E-state index contributed by atoms with van der Waals surface area (Å²) in [6.07, 6.45) is -0.709. The second-order valence-corrected chi connectivity index (χ2v) is 14.0. The number of fused-ring (bicyclic) bond motifs is 1. The second-order valence-electron chi connectivity index (χ2n) is 10.4. The van der Waals surface area contributed by atoms with E-state index < -0.39 is 66.1 Å². The first-order chi connectivity index (χ1) is 18.9. The molecule has 2 rings (SSSR count). The molecule has 0 bridgehead atoms. The van der Waals surface area contributed by atoms with E-state index in [0.29, 0.717) is 25.8 Å².